The Morgan fingerprint density at radius 1 is 1.42 bits per heavy atom. The molecule has 3 saturated heterocycles. The fourth-order valence-electron chi connectivity index (χ4n) is 2.26. The van der Waals surface area contributed by atoms with Crippen molar-refractivity contribution in [2.45, 2.75) is 18.4 Å². The van der Waals surface area contributed by atoms with Gasteiger partial charge in [0, 0.05) is 17.8 Å². The molecule has 0 aromatic rings. The second kappa shape index (κ2) is 2.92. The second-order valence-electron chi connectivity index (χ2n) is 3.69. The summed E-state index contributed by atoms with van der Waals surface area (Å²) in [6, 6.07) is 0. The van der Waals surface area contributed by atoms with Crippen LogP contribution in [0.2, 0.25) is 0 Å². The van der Waals surface area contributed by atoms with Gasteiger partial charge in [-0.05, 0) is 43.5 Å². The lowest BCUT2D eigenvalue weighted by Crippen LogP contribution is -2.58. The maximum Gasteiger partial charge on any atom is 0.142 e. The zero-order chi connectivity index (χ0) is 8.60. The first-order valence-electron chi connectivity index (χ1n) is 4.32. The van der Waals surface area contributed by atoms with Crippen LogP contribution >= 0.6 is 11.6 Å². The third-order valence-corrected chi connectivity index (χ3v) is 3.09. The van der Waals surface area contributed by atoms with E-state index in [0.717, 1.165) is 25.9 Å². The van der Waals surface area contributed by atoms with Crippen molar-refractivity contribution in [2.75, 3.05) is 19.6 Å². The minimum atomic E-state index is -0.821. The summed E-state index contributed by atoms with van der Waals surface area (Å²) in [6.07, 6.45) is 2.12. The van der Waals surface area contributed by atoms with Crippen molar-refractivity contribution >= 4 is 11.6 Å². The number of hydrogen-bond acceptors (Lipinski definition) is 2. The van der Waals surface area contributed by atoms with Crippen LogP contribution in [0, 0.1) is 17.2 Å². The molecule has 1 atom stereocenters. The number of halogens is 1. The fourth-order valence-corrected chi connectivity index (χ4v) is 2.43. The van der Waals surface area contributed by atoms with E-state index in [1.165, 1.54) is 0 Å². The van der Waals surface area contributed by atoms with Crippen molar-refractivity contribution in [3.05, 3.63) is 0 Å². The average molecular weight is 186 g/mol. The molecule has 0 saturated carbocycles. The van der Waals surface area contributed by atoms with Crippen LogP contribution in [0.3, 0.4) is 0 Å². The molecule has 0 radical (unpaired) electrons. The largest absolute Gasteiger partial charge is 0.376 e. The molecule has 1 N–H and O–H groups in total. The molecule has 0 amide bonds. The molecule has 0 spiro atoms. The number of piperidine rings is 3. The molecule has 0 aromatic heterocycles. The molecule has 2 nitrogen and oxygen atoms in total. The first kappa shape index (κ1) is 8.37. The Balaban J connectivity index is 2.20. The summed E-state index contributed by atoms with van der Waals surface area (Å²) in [5, 5.41) is 12.4. The third kappa shape index (κ3) is 1.22. The van der Waals surface area contributed by atoms with Crippen molar-refractivity contribution in [3.8, 4) is 11.3 Å². The highest BCUT2D eigenvalue weighted by Crippen LogP contribution is 2.34. The molecule has 66 valence electrons. The van der Waals surface area contributed by atoms with Crippen molar-refractivity contribution in [3.63, 3.8) is 0 Å². The quantitative estimate of drug-likeness (QED) is 0.560. The number of aliphatic hydroxyl groups is 1. The van der Waals surface area contributed by atoms with Crippen LogP contribution in [0.15, 0.2) is 0 Å². The normalized spacial score (nSPS) is 45.2. The third-order valence-electron chi connectivity index (χ3n) is 2.99. The van der Waals surface area contributed by atoms with E-state index in [2.05, 4.69) is 16.2 Å². The van der Waals surface area contributed by atoms with Gasteiger partial charge in [0.2, 0.25) is 0 Å². The zero-order valence-corrected chi connectivity index (χ0v) is 7.64. The minimum Gasteiger partial charge on any atom is -0.376 e. The highest BCUT2D eigenvalue weighted by atomic mass is 35.5. The standard InChI is InChI=1S/C9H12ClNO/c10-4-3-9(12)7-11-5-1-8(9)2-6-11/h8,12H,1-2,5-7H2/t9-/m1/s1. The summed E-state index contributed by atoms with van der Waals surface area (Å²) in [7, 11) is 0. The molecule has 0 aliphatic carbocycles. The Morgan fingerprint density at radius 3 is 2.50 bits per heavy atom. The lowest BCUT2D eigenvalue weighted by molar-refractivity contribution is -0.0712. The van der Waals surface area contributed by atoms with Crippen LogP contribution in [-0.4, -0.2) is 35.2 Å². The number of nitrogens with zero attached hydrogens (tertiary/aromatic N) is 1. The van der Waals surface area contributed by atoms with Crippen LogP contribution in [0.25, 0.3) is 0 Å². The first-order chi connectivity index (χ1) is 5.74. The van der Waals surface area contributed by atoms with Crippen molar-refractivity contribution in [2.24, 2.45) is 5.92 Å². The van der Waals surface area contributed by atoms with E-state index in [1.807, 2.05) is 0 Å². The number of fused-ring (bicyclic) bond motifs is 3. The van der Waals surface area contributed by atoms with E-state index < -0.39 is 5.60 Å². The van der Waals surface area contributed by atoms with Gasteiger partial charge in [-0.1, -0.05) is 0 Å². The molecule has 2 bridgehead atoms. The molecule has 3 heterocycles. The fraction of sp³-hybridized carbons (Fsp3) is 0.778. The van der Waals surface area contributed by atoms with Gasteiger partial charge in [0.1, 0.15) is 5.60 Å². The predicted octanol–water partition coefficient (Wildman–Crippen LogP) is 0.643. The van der Waals surface area contributed by atoms with E-state index >= 15 is 0 Å². The second-order valence-corrected chi connectivity index (χ2v) is 3.88. The van der Waals surface area contributed by atoms with Crippen molar-refractivity contribution < 1.29 is 5.11 Å². The summed E-state index contributed by atoms with van der Waals surface area (Å²) in [6.45, 7) is 2.89. The van der Waals surface area contributed by atoms with Gasteiger partial charge in [-0.15, -0.1) is 0 Å². The van der Waals surface area contributed by atoms with Crippen LogP contribution in [-0.2, 0) is 0 Å². The Morgan fingerprint density at radius 2 is 2.08 bits per heavy atom. The summed E-state index contributed by atoms with van der Waals surface area (Å²) in [5.74, 6) is 3.06. The molecular formula is C9H12ClNO. The van der Waals surface area contributed by atoms with Gasteiger partial charge in [-0.2, -0.15) is 0 Å². The van der Waals surface area contributed by atoms with Crippen LogP contribution in [0.4, 0.5) is 0 Å². The first-order valence-corrected chi connectivity index (χ1v) is 4.70. The number of hydrogen-bond donors (Lipinski definition) is 1. The van der Waals surface area contributed by atoms with Gasteiger partial charge in [-0.25, -0.2) is 0 Å². The lowest BCUT2D eigenvalue weighted by atomic mass is 9.76. The van der Waals surface area contributed by atoms with Crippen molar-refractivity contribution in [1.82, 2.24) is 4.90 Å². The smallest absolute Gasteiger partial charge is 0.142 e. The molecule has 3 fully saturated rings. The maximum atomic E-state index is 10.1. The van der Waals surface area contributed by atoms with Crippen LogP contribution in [0.1, 0.15) is 12.8 Å². The van der Waals surface area contributed by atoms with Gasteiger partial charge in [0.05, 0.1) is 0 Å². The van der Waals surface area contributed by atoms with E-state index in [0.29, 0.717) is 12.5 Å². The monoisotopic (exact) mass is 185 g/mol. The minimum absolute atomic E-state index is 0.341. The topological polar surface area (TPSA) is 23.5 Å². The molecule has 3 rings (SSSR count). The lowest BCUT2D eigenvalue weighted by Gasteiger charge is -2.47. The SMILES string of the molecule is O[C@]1(C#CCl)CN2CCC1CC2. The molecule has 3 aliphatic rings. The van der Waals surface area contributed by atoms with Gasteiger partial charge in [0.25, 0.3) is 0 Å². The Hall–Kier alpha value is -0.230. The maximum absolute atomic E-state index is 10.1. The van der Waals surface area contributed by atoms with E-state index in [1.54, 1.807) is 0 Å². The molecular weight excluding hydrogens is 174 g/mol. The zero-order valence-electron chi connectivity index (χ0n) is 6.89. The molecule has 3 heteroatoms. The molecule has 3 aliphatic heterocycles. The summed E-state index contributed by atoms with van der Waals surface area (Å²) in [5.41, 5.74) is -0.821. The average Bonchev–Trinajstić information content (AvgIpc) is 2.05. The Bertz CT molecular complexity index is 237. The molecule has 12 heavy (non-hydrogen) atoms. The highest BCUT2D eigenvalue weighted by Gasteiger charge is 2.44. The molecule has 0 unspecified atom stereocenters. The van der Waals surface area contributed by atoms with Gasteiger partial charge < -0.3 is 5.11 Å². The van der Waals surface area contributed by atoms with E-state index in [-0.39, 0.29) is 0 Å². The summed E-state index contributed by atoms with van der Waals surface area (Å²) in [4.78, 5) is 2.25. The Kier molecular flexibility index (Phi) is 2.04. The van der Waals surface area contributed by atoms with Gasteiger partial charge in [-0.3, -0.25) is 4.90 Å². The van der Waals surface area contributed by atoms with Crippen LogP contribution < -0.4 is 0 Å². The van der Waals surface area contributed by atoms with Crippen LogP contribution in [0.5, 0.6) is 0 Å². The predicted molar refractivity (Wildman–Crippen MR) is 47.7 cm³/mol. The Labute approximate surface area is 77.5 Å². The van der Waals surface area contributed by atoms with E-state index in [4.69, 9.17) is 11.6 Å². The summed E-state index contributed by atoms with van der Waals surface area (Å²) >= 11 is 5.32. The number of rotatable bonds is 0. The van der Waals surface area contributed by atoms with Crippen molar-refractivity contribution in [1.29, 1.82) is 0 Å². The highest BCUT2D eigenvalue weighted by molar-refractivity contribution is 6.30. The van der Waals surface area contributed by atoms with Gasteiger partial charge in [0.15, 0.2) is 0 Å². The molecule has 0 aromatic carbocycles. The van der Waals surface area contributed by atoms with Gasteiger partial charge >= 0.3 is 0 Å². The van der Waals surface area contributed by atoms with E-state index in [9.17, 15) is 5.11 Å². The summed E-state index contributed by atoms with van der Waals surface area (Å²) < 4.78 is 0.